The second kappa shape index (κ2) is 12.5. The van der Waals surface area contributed by atoms with Gasteiger partial charge < -0.3 is 9.47 Å². The van der Waals surface area contributed by atoms with Crippen LogP contribution in [-0.2, 0) is 19.6 Å². The van der Waals surface area contributed by atoms with Crippen molar-refractivity contribution in [1.29, 1.82) is 0 Å². The number of hydrogen-bond donors (Lipinski definition) is 1. The van der Waals surface area contributed by atoms with Crippen LogP contribution in [0.4, 0.5) is 0 Å². The fraction of sp³-hybridized carbons (Fsp3) is 0.600. The predicted octanol–water partition coefficient (Wildman–Crippen LogP) is 4.03. The molecule has 0 aliphatic rings. The Morgan fingerprint density at radius 2 is 1.46 bits per heavy atom. The summed E-state index contributed by atoms with van der Waals surface area (Å²) < 4.78 is 41.7. The van der Waals surface area contributed by atoms with Crippen LogP contribution in [0, 0.1) is 0 Å². The van der Waals surface area contributed by atoms with Crippen molar-refractivity contribution < 1.29 is 32.0 Å². The zero-order valence-electron chi connectivity index (χ0n) is 16.6. The van der Waals surface area contributed by atoms with Crippen LogP contribution in [0.2, 0.25) is 0 Å². The number of hydrogen-bond acceptors (Lipinski definition) is 6. The average molecular weight is 415 g/mol. The molecule has 1 aromatic carbocycles. The second-order valence-corrected chi connectivity index (χ2v) is 8.29. The first-order chi connectivity index (χ1) is 13.3. The van der Waals surface area contributed by atoms with E-state index in [2.05, 4.69) is 6.92 Å². The normalized spacial score (nSPS) is 12.4. The molecule has 7 nitrogen and oxygen atoms in total. The van der Waals surface area contributed by atoms with E-state index in [1.165, 1.54) is 31.4 Å². The minimum atomic E-state index is -4.31. The Kier molecular flexibility index (Phi) is 10.8. The summed E-state index contributed by atoms with van der Waals surface area (Å²) >= 11 is 0. The third-order valence-electron chi connectivity index (χ3n) is 4.37. The highest BCUT2D eigenvalue weighted by Gasteiger charge is 2.25. The molecule has 1 unspecified atom stereocenters. The van der Waals surface area contributed by atoms with Crippen LogP contribution in [0.3, 0.4) is 0 Å². The lowest BCUT2D eigenvalue weighted by Gasteiger charge is -2.13. The number of unbranched alkanes of at least 4 members (excludes halogenated alkanes) is 5. The van der Waals surface area contributed by atoms with Gasteiger partial charge in [0.25, 0.3) is 10.1 Å². The Hall–Kier alpha value is -1.93. The van der Waals surface area contributed by atoms with Crippen molar-refractivity contribution in [1.82, 2.24) is 0 Å². The van der Waals surface area contributed by atoms with Gasteiger partial charge in [-0.25, -0.2) is 9.59 Å². The Morgan fingerprint density at radius 3 is 2.00 bits per heavy atom. The quantitative estimate of drug-likeness (QED) is 0.295. The Labute approximate surface area is 167 Å². The lowest BCUT2D eigenvalue weighted by atomic mass is 10.1. The van der Waals surface area contributed by atoms with Crippen molar-refractivity contribution in [3.8, 4) is 0 Å². The monoisotopic (exact) mass is 414 g/mol. The van der Waals surface area contributed by atoms with Gasteiger partial charge in [0.05, 0.1) is 17.7 Å². The first-order valence-corrected chi connectivity index (χ1v) is 11.2. The summed E-state index contributed by atoms with van der Waals surface area (Å²) in [5, 5.41) is -1.21. The molecule has 1 N–H and O–H groups in total. The van der Waals surface area contributed by atoms with Crippen molar-refractivity contribution >= 4 is 22.1 Å². The molecule has 0 saturated heterocycles. The molecule has 1 atom stereocenters. The average Bonchev–Trinajstić information content (AvgIpc) is 2.66. The van der Waals surface area contributed by atoms with Gasteiger partial charge in [-0.1, -0.05) is 58.1 Å². The largest absolute Gasteiger partial charge is 0.462 e. The van der Waals surface area contributed by atoms with E-state index in [9.17, 15) is 18.0 Å². The van der Waals surface area contributed by atoms with Crippen LogP contribution in [-0.4, -0.2) is 43.4 Å². The molecule has 158 valence electrons. The number of esters is 2. The van der Waals surface area contributed by atoms with Crippen LogP contribution >= 0.6 is 0 Å². The highest BCUT2D eigenvalue weighted by Crippen LogP contribution is 2.14. The third-order valence-corrected chi connectivity index (χ3v) is 5.69. The predicted molar refractivity (Wildman–Crippen MR) is 106 cm³/mol. The van der Waals surface area contributed by atoms with E-state index in [0.29, 0.717) is 0 Å². The van der Waals surface area contributed by atoms with Gasteiger partial charge in [0.2, 0.25) is 0 Å². The molecule has 0 amide bonds. The number of carbonyl (C=O) groups excluding carboxylic acids is 2. The van der Waals surface area contributed by atoms with Gasteiger partial charge in [-0.2, -0.15) is 8.42 Å². The molecular formula is C20H30O7S. The van der Waals surface area contributed by atoms with Gasteiger partial charge in [-0.3, -0.25) is 4.55 Å². The zero-order valence-corrected chi connectivity index (χ0v) is 17.4. The lowest BCUT2D eigenvalue weighted by Crippen LogP contribution is -2.27. The molecule has 0 saturated carbocycles. The molecule has 8 heteroatoms. The molecule has 0 bridgehead atoms. The standard InChI is InChI=1S/C20H30O7S/c1-3-5-6-7-8-11-14-26-19(21)17-12-9-10-13-18(17)20(22)27-15-16(4-2)28(23,24)25/h9-10,12-13,16H,3-8,11,14-15H2,1-2H3,(H,23,24,25). The minimum absolute atomic E-state index is 0.000589. The fourth-order valence-corrected chi connectivity index (χ4v) is 3.29. The van der Waals surface area contributed by atoms with E-state index >= 15 is 0 Å². The molecule has 0 radical (unpaired) electrons. The summed E-state index contributed by atoms with van der Waals surface area (Å²) in [5.41, 5.74) is 0.0685. The zero-order chi connectivity index (χ0) is 21.0. The maximum Gasteiger partial charge on any atom is 0.339 e. The van der Waals surface area contributed by atoms with E-state index in [0.717, 1.165) is 19.3 Å². The maximum absolute atomic E-state index is 12.3. The van der Waals surface area contributed by atoms with Gasteiger partial charge >= 0.3 is 11.9 Å². The molecule has 1 aromatic rings. The van der Waals surface area contributed by atoms with Crippen LogP contribution in [0.1, 0.15) is 79.5 Å². The number of rotatable bonds is 13. The van der Waals surface area contributed by atoms with Crippen molar-refractivity contribution in [2.75, 3.05) is 13.2 Å². The smallest absolute Gasteiger partial charge is 0.339 e. The summed E-state index contributed by atoms with van der Waals surface area (Å²) in [6, 6.07) is 6.05. The first-order valence-electron chi connectivity index (χ1n) is 9.70. The minimum Gasteiger partial charge on any atom is -0.462 e. The van der Waals surface area contributed by atoms with Crippen LogP contribution in [0.15, 0.2) is 24.3 Å². The molecule has 28 heavy (non-hydrogen) atoms. The Morgan fingerprint density at radius 1 is 0.929 bits per heavy atom. The molecule has 0 aliphatic carbocycles. The fourth-order valence-electron chi connectivity index (χ4n) is 2.62. The van der Waals surface area contributed by atoms with Crippen LogP contribution in [0.25, 0.3) is 0 Å². The highest BCUT2D eigenvalue weighted by molar-refractivity contribution is 7.86. The summed E-state index contributed by atoms with van der Waals surface area (Å²) in [6.45, 7) is 3.49. The summed E-state index contributed by atoms with van der Waals surface area (Å²) in [4.78, 5) is 24.6. The Bertz CT molecular complexity index is 728. The molecule has 1 rings (SSSR count). The molecule has 0 aromatic heterocycles. The van der Waals surface area contributed by atoms with Crippen molar-refractivity contribution in [2.45, 2.75) is 64.0 Å². The van der Waals surface area contributed by atoms with Crippen LogP contribution in [0.5, 0.6) is 0 Å². The van der Waals surface area contributed by atoms with E-state index in [1.54, 1.807) is 19.1 Å². The summed E-state index contributed by atoms with van der Waals surface area (Å²) in [5.74, 6) is -1.46. The van der Waals surface area contributed by atoms with Gasteiger partial charge in [-0.15, -0.1) is 0 Å². The van der Waals surface area contributed by atoms with Crippen LogP contribution < -0.4 is 0 Å². The van der Waals surface area contributed by atoms with E-state index in [-0.39, 0.29) is 24.2 Å². The maximum atomic E-state index is 12.3. The highest BCUT2D eigenvalue weighted by atomic mass is 32.2. The molecule has 0 heterocycles. The number of ether oxygens (including phenoxy) is 2. The van der Waals surface area contributed by atoms with Gasteiger partial charge in [-0.05, 0) is 25.0 Å². The number of carbonyl (C=O) groups is 2. The lowest BCUT2D eigenvalue weighted by molar-refractivity contribution is 0.0452. The summed E-state index contributed by atoms with van der Waals surface area (Å²) in [6.07, 6.45) is 6.46. The molecular weight excluding hydrogens is 384 g/mol. The second-order valence-electron chi connectivity index (χ2n) is 6.59. The first kappa shape index (κ1) is 24.1. The van der Waals surface area contributed by atoms with Crippen molar-refractivity contribution in [2.24, 2.45) is 0 Å². The van der Waals surface area contributed by atoms with Crippen molar-refractivity contribution in [3.63, 3.8) is 0 Å². The van der Waals surface area contributed by atoms with Crippen molar-refractivity contribution in [3.05, 3.63) is 35.4 Å². The molecule has 0 fully saturated rings. The SMILES string of the molecule is CCCCCCCCOC(=O)c1ccccc1C(=O)OCC(CC)S(=O)(=O)O. The van der Waals surface area contributed by atoms with E-state index < -0.39 is 33.9 Å². The van der Waals surface area contributed by atoms with E-state index in [4.69, 9.17) is 14.0 Å². The van der Waals surface area contributed by atoms with Gasteiger partial charge in [0.1, 0.15) is 11.9 Å². The number of benzene rings is 1. The molecule has 0 aliphatic heterocycles. The topological polar surface area (TPSA) is 107 Å². The van der Waals surface area contributed by atoms with Gasteiger partial charge in [0, 0.05) is 0 Å². The van der Waals surface area contributed by atoms with Gasteiger partial charge in [0.15, 0.2) is 0 Å². The summed E-state index contributed by atoms with van der Waals surface area (Å²) in [7, 11) is -4.31. The third kappa shape index (κ3) is 8.39. The Balaban J connectivity index is 2.61. The van der Waals surface area contributed by atoms with E-state index in [1.807, 2.05) is 0 Å². The molecule has 0 spiro atoms.